The molecule has 0 fully saturated rings. The van der Waals surface area contributed by atoms with Gasteiger partial charge < -0.3 is 14.8 Å². The molecular formula is C23H31ClN2O5S. The van der Waals surface area contributed by atoms with Crippen LogP contribution in [0.5, 0.6) is 11.5 Å². The summed E-state index contributed by atoms with van der Waals surface area (Å²) in [7, 11) is -0.692. The molecule has 0 aliphatic heterocycles. The van der Waals surface area contributed by atoms with Crippen LogP contribution in [0.4, 0.5) is 5.69 Å². The van der Waals surface area contributed by atoms with E-state index in [1.807, 2.05) is 32.0 Å². The number of anilines is 1. The molecule has 0 aromatic heterocycles. The summed E-state index contributed by atoms with van der Waals surface area (Å²) in [5.41, 5.74) is 2.18. The first kappa shape index (κ1) is 25.8. The second kappa shape index (κ2) is 10.9. The van der Waals surface area contributed by atoms with Gasteiger partial charge in [-0.05, 0) is 55.2 Å². The molecule has 9 heteroatoms. The van der Waals surface area contributed by atoms with Crippen LogP contribution in [0.15, 0.2) is 36.4 Å². The fraction of sp³-hybridized carbons (Fsp3) is 0.435. The molecule has 0 radical (unpaired) electrons. The van der Waals surface area contributed by atoms with Gasteiger partial charge in [0.25, 0.3) is 0 Å². The van der Waals surface area contributed by atoms with E-state index in [0.29, 0.717) is 17.9 Å². The van der Waals surface area contributed by atoms with E-state index in [1.165, 1.54) is 13.2 Å². The molecule has 0 heterocycles. The molecule has 2 atom stereocenters. The molecule has 7 nitrogen and oxygen atoms in total. The van der Waals surface area contributed by atoms with Gasteiger partial charge in [0.2, 0.25) is 15.9 Å². The third-order valence-electron chi connectivity index (χ3n) is 5.27. The van der Waals surface area contributed by atoms with Gasteiger partial charge in [0, 0.05) is 0 Å². The molecule has 176 valence electrons. The number of rotatable bonds is 10. The average Bonchev–Trinajstić information content (AvgIpc) is 2.74. The number of benzene rings is 2. The lowest BCUT2D eigenvalue weighted by Gasteiger charge is -2.31. The number of hydrogen-bond acceptors (Lipinski definition) is 5. The Labute approximate surface area is 195 Å². The normalized spacial score (nSPS) is 13.2. The number of nitrogens with one attached hydrogen (secondary N) is 1. The van der Waals surface area contributed by atoms with Crippen molar-refractivity contribution in [3.05, 3.63) is 52.5 Å². The quantitative estimate of drug-likeness (QED) is 0.539. The highest BCUT2D eigenvalue weighted by Crippen LogP contribution is 2.32. The minimum atomic E-state index is -3.78. The van der Waals surface area contributed by atoms with Crippen LogP contribution < -0.4 is 19.1 Å². The maximum absolute atomic E-state index is 13.3. The minimum absolute atomic E-state index is 0.258. The van der Waals surface area contributed by atoms with Crippen molar-refractivity contribution >= 4 is 33.2 Å². The van der Waals surface area contributed by atoms with E-state index in [4.69, 9.17) is 21.1 Å². The minimum Gasteiger partial charge on any atom is -0.496 e. The van der Waals surface area contributed by atoms with E-state index in [2.05, 4.69) is 5.32 Å². The fourth-order valence-corrected chi connectivity index (χ4v) is 5.12. The van der Waals surface area contributed by atoms with Crippen molar-refractivity contribution in [3.63, 3.8) is 0 Å². The van der Waals surface area contributed by atoms with E-state index in [0.717, 1.165) is 27.4 Å². The summed E-state index contributed by atoms with van der Waals surface area (Å²) >= 11 is 6.22. The number of aryl methyl sites for hydroxylation is 1. The first-order chi connectivity index (χ1) is 15.1. The topological polar surface area (TPSA) is 84.9 Å². The highest BCUT2D eigenvalue weighted by atomic mass is 35.5. The van der Waals surface area contributed by atoms with Crippen LogP contribution in [0.25, 0.3) is 0 Å². The number of sulfonamides is 1. The zero-order chi connectivity index (χ0) is 24.1. The van der Waals surface area contributed by atoms with Gasteiger partial charge in [-0.25, -0.2) is 8.42 Å². The second-order valence-electron chi connectivity index (χ2n) is 7.50. The molecule has 32 heavy (non-hydrogen) atoms. The van der Waals surface area contributed by atoms with Crippen molar-refractivity contribution in [2.45, 2.75) is 45.7 Å². The van der Waals surface area contributed by atoms with Gasteiger partial charge in [-0.2, -0.15) is 0 Å². The van der Waals surface area contributed by atoms with Crippen LogP contribution in [-0.2, 0) is 14.8 Å². The Morgan fingerprint density at radius 2 is 1.69 bits per heavy atom. The van der Waals surface area contributed by atoms with Gasteiger partial charge in [0.1, 0.15) is 17.5 Å². The Bertz CT molecular complexity index is 1060. The molecule has 0 bridgehead atoms. The number of carbonyl (C=O) groups is 1. The first-order valence-corrected chi connectivity index (χ1v) is 12.6. The molecule has 2 unspecified atom stereocenters. The maximum Gasteiger partial charge on any atom is 0.244 e. The van der Waals surface area contributed by atoms with Gasteiger partial charge in [-0.3, -0.25) is 9.10 Å². The second-order valence-corrected chi connectivity index (χ2v) is 9.77. The van der Waals surface area contributed by atoms with Crippen molar-refractivity contribution < 1.29 is 22.7 Å². The molecule has 2 rings (SSSR count). The zero-order valence-corrected chi connectivity index (χ0v) is 20.9. The van der Waals surface area contributed by atoms with E-state index in [1.54, 1.807) is 26.2 Å². The Morgan fingerprint density at radius 1 is 1.06 bits per heavy atom. The summed E-state index contributed by atoms with van der Waals surface area (Å²) in [4.78, 5) is 13.3. The fourth-order valence-electron chi connectivity index (χ4n) is 3.66. The number of carbonyl (C=O) groups excluding carboxylic acids is 1. The van der Waals surface area contributed by atoms with Crippen LogP contribution >= 0.6 is 11.6 Å². The smallest absolute Gasteiger partial charge is 0.244 e. The Balaban J connectivity index is 2.38. The van der Waals surface area contributed by atoms with Gasteiger partial charge in [-0.15, -0.1) is 0 Å². The molecular weight excluding hydrogens is 452 g/mol. The third-order valence-corrected chi connectivity index (χ3v) is 6.74. The molecule has 0 saturated heterocycles. The van der Waals surface area contributed by atoms with Crippen LogP contribution in [0, 0.1) is 6.92 Å². The summed E-state index contributed by atoms with van der Waals surface area (Å²) in [6.07, 6.45) is 1.99. The summed E-state index contributed by atoms with van der Waals surface area (Å²) < 4.78 is 37.0. The van der Waals surface area contributed by atoms with Crippen molar-refractivity contribution in [2.24, 2.45) is 0 Å². The zero-order valence-electron chi connectivity index (χ0n) is 19.3. The van der Waals surface area contributed by atoms with E-state index < -0.39 is 16.1 Å². The highest BCUT2D eigenvalue weighted by molar-refractivity contribution is 7.92. The van der Waals surface area contributed by atoms with E-state index >= 15 is 0 Å². The lowest BCUT2D eigenvalue weighted by atomic mass is 10.0. The van der Waals surface area contributed by atoms with E-state index in [9.17, 15) is 13.2 Å². The maximum atomic E-state index is 13.3. The summed E-state index contributed by atoms with van der Waals surface area (Å²) in [6.45, 7) is 5.67. The van der Waals surface area contributed by atoms with E-state index in [-0.39, 0.29) is 23.4 Å². The predicted octanol–water partition coefficient (Wildman–Crippen LogP) is 4.48. The van der Waals surface area contributed by atoms with Crippen molar-refractivity contribution in [2.75, 3.05) is 24.8 Å². The molecule has 1 amide bonds. The van der Waals surface area contributed by atoms with Crippen molar-refractivity contribution in [3.8, 4) is 11.5 Å². The van der Waals surface area contributed by atoms with Gasteiger partial charge in [-0.1, -0.05) is 37.6 Å². The molecule has 1 N–H and O–H groups in total. The predicted molar refractivity (Wildman–Crippen MR) is 128 cm³/mol. The molecule has 0 aliphatic rings. The van der Waals surface area contributed by atoms with Crippen LogP contribution in [0.2, 0.25) is 5.02 Å². The lowest BCUT2D eigenvalue weighted by molar-refractivity contribution is -0.123. The lowest BCUT2D eigenvalue weighted by Crippen LogP contribution is -2.50. The van der Waals surface area contributed by atoms with Crippen molar-refractivity contribution in [1.82, 2.24) is 5.32 Å². The number of hydrogen-bond donors (Lipinski definition) is 1. The van der Waals surface area contributed by atoms with Gasteiger partial charge >= 0.3 is 0 Å². The number of nitrogens with zero attached hydrogens (tertiary/aromatic N) is 1. The monoisotopic (exact) mass is 482 g/mol. The van der Waals surface area contributed by atoms with Crippen LogP contribution in [0.3, 0.4) is 0 Å². The largest absolute Gasteiger partial charge is 0.496 e. The Hall–Kier alpha value is -2.45. The summed E-state index contributed by atoms with van der Waals surface area (Å²) in [5.74, 6) is 0.800. The van der Waals surface area contributed by atoms with Crippen molar-refractivity contribution in [1.29, 1.82) is 0 Å². The Morgan fingerprint density at radius 3 is 2.16 bits per heavy atom. The molecule has 0 spiro atoms. The summed E-state index contributed by atoms with van der Waals surface area (Å²) in [5, 5.41) is 3.27. The molecule has 2 aromatic rings. The van der Waals surface area contributed by atoms with Gasteiger partial charge in [0.15, 0.2) is 0 Å². The number of ether oxygens (including phenoxy) is 2. The number of methoxy groups -OCH3 is 2. The SMILES string of the molecule is CCC(NC(=O)C(CC)N(c1ccc(OC)c(Cl)c1)S(C)(=O)=O)c1ccc(OC)c(C)c1. The van der Waals surface area contributed by atoms with Crippen LogP contribution in [0.1, 0.15) is 43.9 Å². The number of halogens is 1. The first-order valence-electron chi connectivity index (χ1n) is 10.3. The molecule has 0 aliphatic carbocycles. The van der Waals surface area contributed by atoms with Gasteiger partial charge in [0.05, 0.1) is 37.2 Å². The molecule has 2 aromatic carbocycles. The number of amides is 1. The summed E-state index contributed by atoms with van der Waals surface area (Å²) in [6, 6.07) is 9.15. The Kier molecular flexibility index (Phi) is 8.81. The average molecular weight is 483 g/mol. The third kappa shape index (κ3) is 5.86. The highest BCUT2D eigenvalue weighted by Gasteiger charge is 2.33. The van der Waals surface area contributed by atoms with Crippen LogP contribution in [-0.4, -0.2) is 40.8 Å². The standard InChI is InChI=1S/C23H31ClN2O5S/c1-7-19(16-9-11-21(30-4)15(3)13-16)25-23(27)20(8-2)26(32(6,28)29)17-10-12-22(31-5)18(24)14-17/h9-14,19-20H,7-8H2,1-6H3,(H,25,27). The molecule has 0 saturated carbocycles.